The van der Waals surface area contributed by atoms with Gasteiger partial charge in [-0.3, -0.25) is 4.79 Å². The van der Waals surface area contributed by atoms with Gasteiger partial charge in [0.1, 0.15) is 0 Å². The molecule has 1 aliphatic carbocycles. The first kappa shape index (κ1) is 24.3. The van der Waals surface area contributed by atoms with E-state index in [0.29, 0.717) is 32.0 Å². The van der Waals surface area contributed by atoms with Crippen LogP contribution in [0.3, 0.4) is 0 Å². The molecular formula is C24H38N4O4S. The Bertz CT molecular complexity index is 888. The van der Waals surface area contributed by atoms with Crippen molar-refractivity contribution in [2.24, 2.45) is 0 Å². The van der Waals surface area contributed by atoms with E-state index >= 15 is 0 Å². The second-order valence-corrected chi connectivity index (χ2v) is 11.3. The lowest BCUT2D eigenvalue weighted by molar-refractivity contribution is -0.120. The molecule has 9 heteroatoms. The van der Waals surface area contributed by atoms with Crippen molar-refractivity contribution in [3.8, 4) is 0 Å². The number of carbonyl (C=O) groups excluding carboxylic acids is 1. The lowest BCUT2D eigenvalue weighted by atomic mass is 10.1. The largest absolute Gasteiger partial charge is 0.378 e. The van der Waals surface area contributed by atoms with Crippen molar-refractivity contribution in [3.63, 3.8) is 0 Å². The zero-order chi connectivity index (χ0) is 23.1. The number of piperidine rings is 1. The number of sulfonamides is 1. The molecule has 3 aliphatic rings. The van der Waals surface area contributed by atoms with Crippen molar-refractivity contribution in [2.75, 3.05) is 56.2 Å². The van der Waals surface area contributed by atoms with Crippen molar-refractivity contribution in [1.82, 2.24) is 9.62 Å². The van der Waals surface area contributed by atoms with Crippen LogP contribution in [0.25, 0.3) is 0 Å². The third-order valence-corrected chi connectivity index (χ3v) is 8.83. The maximum Gasteiger partial charge on any atom is 0.243 e. The fourth-order valence-corrected chi connectivity index (χ4v) is 6.57. The number of carbonyl (C=O) groups is 1. The molecule has 2 aliphatic heterocycles. The van der Waals surface area contributed by atoms with Gasteiger partial charge in [0.2, 0.25) is 15.9 Å². The summed E-state index contributed by atoms with van der Waals surface area (Å²) in [5.74, 6) is -0.0425. The van der Waals surface area contributed by atoms with E-state index in [-0.39, 0.29) is 23.4 Å². The molecule has 0 bridgehead atoms. The van der Waals surface area contributed by atoms with Crippen LogP contribution < -0.4 is 15.5 Å². The van der Waals surface area contributed by atoms with E-state index in [2.05, 4.69) is 15.5 Å². The zero-order valence-electron chi connectivity index (χ0n) is 19.6. The van der Waals surface area contributed by atoms with E-state index in [1.165, 1.54) is 12.8 Å². The zero-order valence-corrected chi connectivity index (χ0v) is 20.4. The Kier molecular flexibility index (Phi) is 8.49. The quantitative estimate of drug-likeness (QED) is 0.586. The first-order valence-corrected chi connectivity index (χ1v) is 14.0. The molecule has 2 N–H and O–H groups in total. The predicted octanol–water partition coefficient (Wildman–Crippen LogP) is 2.95. The van der Waals surface area contributed by atoms with E-state index in [4.69, 9.17) is 4.74 Å². The van der Waals surface area contributed by atoms with Gasteiger partial charge in [-0.2, -0.15) is 4.31 Å². The molecule has 3 fully saturated rings. The average Bonchev–Trinajstić information content (AvgIpc) is 3.12. The van der Waals surface area contributed by atoms with Crippen LogP contribution >= 0.6 is 0 Å². The lowest BCUT2D eigenvalue weighted by Crippen LogP contribution is -2.39. The van der Waals surface area contributed by atoms with Gasteiger partial charge in [-0.05, 0) is 43.9 Å². The van der Waals surface area contributed by atoms with Crippen LogP contribution in [0.2, 0.25) is 0 Å². The Labute approximate surface area is 198 Å². The summed E-state index contributed by atoms with van der Waals surface area (Å²) in [5.41, 5.74) is 1.60. The molecule has 0 spiro atoms. The molecule has 1 amide bonds. The number of morpholine rings is 1. The standard InChI is InChI=1S/C24H38N4O4S/c29-24(26-20-8-4-1-2-5-9-20)19-25-22-18-21(33(30,31)28-12-6-3-7-13-28)10-11-23(22)27-14-16-32-17-15-27/h10-11,18,20,25H,1-9,12-17,19H2,(H,26,29). The number of nitrogens with one attached hydrogen (secondary N) is 2. The Morgan fingerprint density at radius 2 is 1.61 bits per heavy atom. The first-order valence-electron chi connectivity index (χ1n) is 12.5. The molecule has 4 rings (SSSR count). The summed E-state index contributed by atoms with van der Waals surface area (Å²) in [7, 11) is -3.55. The van der Waals surface area contributed by atoms with Crippen LogP contribution in [0.4, 0.5) is 11.4 Å². The fourth-order valence-electron chi connectivity index (χ4n) is 5.03. The molecule has 0 aromatic heterocycles. The van der Waals surface area contributed by atoms with Gasteiger partial charge >= 0.3 is 0 Å². The molecule has 2 saturated heterocycles. The second-order valence-electron chi connectivity index (χ2n) is 9.35. The van der Waals surface area contributed by atoms with Gasteiger partial charge in [0, 0.05) is 32.2 Å². The molecule has 184 valence electrons. The number of hydrogen-bond donors (Lipinski definition) is 2. The summed E-state index contributed by atoms with van der Waals surface area (Å²) in [4.78, 5) is 15.2. The minimum absolute atomic E-state index is 0.0425. The Balaban J connectivity index is 1.50. The summed E-state index contributed by atoms with van der Waals surface area (Å²) in [6.07, 6.45) is 9.76. The maximum atomic E-state index is 13.2. The first-order chi connectivity index (χ1) is 16.0. The Morgan fingerprint density at radius 3 is 2.30 bits per heavy atom. The SMILES string of the molecule is O=C(CNc1cc(S(=O)(=O)N2CCCCC2)ccc1N1CCOCC1)NC1CCCCCC1. The second kappa shape index (κ2) is 11.5. The highest BCUT2D eigenvalue weighted by molar-refractivity contribution is 7.89. The van der Waals surface area contributed by atoms with Gasteiger partial charge in [-0.25, -0.2) is 8.42 Å². The normalized spacial score (nSPS) is 21.4. The summed E-state index contributed by atoms with van der Waals surface area (Å²) < 4.78 is 33.6. The number of anilines is 2. The van der Waals surface area contributed by atoms with Gasteiger partial charge < -0.3 is 20.3 Å². The number of hydrogen-bond acceptors (Lipinski definition) is 6. The number of amides is 1. The average molecular weight is 479 g/mol. The maximum absolute atomic E-state index is 13.2. The highest BCUT2D eigenvalue weighted by atomic mass is 32.2. The van der Waals surface area contributed by atoms with Gasteiger partial charge in [0.05, 0.1) is 36.0 Å². The molecule has 8 nitrogen and oxygen atoms in total. The van der Waals surface area contributed by atoms with Gasteiger partial charge in [-0.15, -0.1) is 0 Å². The molecule has 0 atom stereocenters. The van der Waals surface area contributed by atoms with Gasteiger partial charge in [0.25, 0.3) is 0 Å². The smallest absolute Gasteiger partial charge is 0.243 e. The molecule has 1 saturated carbocycles. The van der Waals surface area contributed by atoms with Crippen molar-refractivity contribution in [2.45, 2.75) is 68.7 Å². The van der Waals surface area contributed by atoms with Gasteiger partial charge in [0.15, 0.2) is 0 Å². The van der Waals surface area contributed by atoms with Crippen molar-refractivity contribution in [3.05, 3.63) is 18.2 Å². The lowest BCUT2D eigenvalue weighted by Gasteiger charge is -2.31. The molecule has 0 unspecified atom stereocenters. The van der Waals surface area contributed by atoms with Crippen LogP contribution in [0.1, 0.15) is 57.8 Å². The summed E-state index contributed by atoms with van der Waals surface area (Å²) in [6.45, 7) is 4.01. The van der Waals surface area contributed by atoms with Crippen LogP contribution in [-0.4, -0.2) is 70.6 Å². The van der Waals surface area contributed by atoms with Crippen LogP contribution in [0.5, 0.6) is 0 Å². The van der Waals surface area contributed by atoms with Gasteiger partial charge in [-0.1, -0.05) is 32.1 Å². The predicted molar refractivity (Wildman–Crippen MR) is 130 cm³/mol. The topological polar surface area (TPSA) is 91.0 Å². The molecule has 0 radical (unpaired) electrons. The van der Waals surface area contributed by atoms with E-state index in [0.717, 1.165) is 63.7 Å². The summed E-state index contributed by atoms with van der Waals surface area (Å²) in [5, 5.41) is 6.42. The van der Waals surface area contributed by atoms with Crippen LogP contribution in [-0.2, 0) is 19.6 Å². The van der Waals surface area contributed by atoms with E-state index in [9.17, 15) is 13.2 Å². The van der Waals surface area contributed by atoms with E-state index in [1.807, 2.05) is 6.07 Å². The fraction of sp³-hybridized carbons (Fsp3) is 0.708. The Morgan fingerprint density at radius 1 is 0.939 bits per heavy atom. The minimum Gasteiger partial charge on any atom is -0.378 e. The van der Waals surface area contributed by atoms with Crippen molar-refractivity contribution in [1.29, 1.82) is 0 Å². The molecule has 2 heterocycles. The van der Waals surface area contributed by atoms with Crippen molar-refractivity contribution < 1.29 is 17.9 Å². The van der Waals surface area contributed by atoms with Crippen LogP contribution in [0.15, 0.2) is 23.1 Å². The molecule has 1 aromatic carbocycles. The van der Waals surface area contributed by atoms with Crippen molar-refractivity contribution >= 4 is 27.3 Å². The highest BCUT2D eigenvalue weighted by Crippen LogP contribution is 2.31. The molecule has 33 heavy (non-hydrogen) atoms. The Hall–Kier alpha value is -1.84. The van der Waals surface area contributed by atoms with E-state index in [1.54, 1.807) is 16.4 Å². The number of ether oxygens (including phenoxy) is 1. The van der Waals surface area contributed by atoms with E-state index < -0.39 is 10.0 Å². The minimum atomic E-state index is -3.55. The summed E-state index contributed by atoms with van der Waals surface area (Å²) >= 11 is 0. The third-order valence-electron chi connectivity index (χ3n) is 6.93. The molecule has 1 aromatic rings. The molecular weight excluding hydrogens is 440 g/mol. The number of nitrogens with zero attached hydrogens (tertiary/aromatic N) is 2. The highest BCUT2D eigenvalue weighted by Gasteiger charge is 2.27. The number of benzene rings is 1. The number of rotatable bonds is 7. The van der Waals surface area contributed by atoms with Crippen LogP contribution in [0, 0.1) is 0 Å². The monoisotopic (exact) mass is 478 g/mol. The summed E-state index contributed by atoms with van der Waals surface area (Å²) in [6, 6.07) is 5.51. The third kappa shape index (κ3) is 6.39.